The third-order valence-electron chi connectivity index (χ3n) is 3.11. The molecule has 1 rings (SSSR count). The van der Waals surface area contributed by atoms with Crippen LogP contribution in [0.1, 0.15) is 34.1 Å². The van der Waals surface area contributed by atoms with Crippen LogP contribution >= 0.6 is 11.6 Å². The summed E-state index contributed by atoms with van der Waals surface area (Å²) in [6.45, 7) is 8.84. The Morgan fingerprint density at radius 2 is 1.67 bits per heavy atom. The summed E-state index contributed by atoms with van der Waals surface area (Å²) in [5.74, 6) is 0.728. The highest BCUT2D eigenvalue weighted by atomic mass is 35.5. The largest absolute Gasteiger partial charge is 0.119 e. The minimum absolute atomic E-state index is 0.0851. The molecule has 1 aliphatic carbocycles. The molecule has 0 heterocycles. The van der Waals surface area contributed by atoms with E-state index in [1.807, 2.05) is 0 Å². The lowest BCUT2D eigenvalue weighted by molar-refractivity contribution is 0.541. The van der Waals surface area contributed by atoms with Gasteiger partial charge in [0.25, 0.3) is 0 Å². The molecule has 2 atom stereocenters. The minimum atomic E-state index is 0.0851. The third-order valence-corrected chi connectivity index (χ3v) is 3.86. The number of hydrogen-bond donors (Lipinski definition) is 0. The summed E-state index contributed by atoms with van der Waals surface area (Å²) in [6.07, 6.45) is 1.22. The van der Waals surface area contributed by atoms with Crippen LogP contribution in [-0.4, -0.2) is 4.87 Å². The summed E-state index contributed by atoms with van der Waals surface area (Å²) in [6, 6.07) is 0. The monoisotopic (exact) mass is 146 g/mol. The van der Waals surface area contributed by atoms with E-state index in [1.54, 1.807) is 0 Å². The highest BCUT2D eigenvalue weighted by Crippen LogP contribution is 2.66. The maximum absolute atomic E-state index is 6.20. The molecule has 0 aliphatic heterocycles. The maximum atomic E-state index is 6.20. The van der Waals surface area contributed by atoms with E-state index in [-0.39, 0.29) is 4.87 Å². The standard InChI is InChI=1S/C8H15Cl/c1-5-6-7(2,3)8(6,4)9/h6H,5H2,1-4H3. The molecule has 0 aromatic heterocycles. The first-order chi connectivity index (χ1) is 3.94. The molecular formula is C8H15Cl. The van der Waals surface area contributed by atoms with Crippen LogP contribution in [0.5, 0.6) is 0 Å². The SMILES string of the molecule is CCC1C(C)(C)C1(C)Cl. The Morgan fingerprint density at radius 3 is 1.67 bits per heavy atom. The zero-order valence-corrected chi connectivity index (χ0v) is 7.42. The van der Waals surface area contributed by atoms with Gasteiger partial charge in [-0.1, -0.05) is 27.2 Å². The van der Waals surface area contributed by atoms with Crippen molar-refractivity contribution in [1.82, 2.24) is 0 Å². The van der Waals surface area contributed by atoms with Crippen molar-refractivity contribution in [2.45, 2.75) is 39.0 Å². The van der Waals surface area contributed by atoms with Crippen molar-refractivity contribution in [3.8, 4) is 0 Å². The molecule has 0 nitrogen and oxygen atoms in total. The van der Waals surface area contributed by atoms with Crippen molar-refractivity contribution < 1.29 is 0 Å². The third kappa shape index (κ3) is 0.724. The van der Waals surface area contributed by atoms with Gasteiger partial charge in [-0.05, 0) is 18.3 Å². The molecule has 0 saturated heterocycles. The zero-order valence-electron chi connectivity index (χ0n) is 6.66. The first-order valence-electron chi connectivity index (χ1n) is 3.63. The van der Waals surface area contributed by atoms with E-state index in [2.05, 4.69) is 27.7 Å². The Kier molecular flexibility index (Phi) is 1.36. The highest BCUT2D eigenvalue weighted by molar-refractivity contribution is 6.26. The molecule has 1 aliphatic rings. The van der Waals surface area contributed by atoms with Gasteiger partial charge in [0, 0.05) is 0 Å². The fraction of sp³-hybridized carbons (Fsp3) is 1.00. The van der Waals surface area contributed by atoms with Crippen LogP contribution in [0.4, 0.5) is 0 Å². The quantitative estimate of drug-likeness (QED) is 0.499. The van der Waals surface area contributed by atoms with Gasteiger partial charge in [0.2, 0.25) is 0 Å². The van der Waals surface area contributed by atoms with Gasteiger partial charge in [-0.25, -0.2) is 0 Å². The van der Waals surface area contributed by atoms with E-state index in [4.69, 9.17) is 11.6 Å². The van der Waals surface area contributed by atoms with E-state index >= 15 is 0 Å². The van der Waals surface area contributed by atoms with E-state index in [1.165, 1.54) is 6.42 Å². The Hall–Kier alpha value is 0.290. The highest BCUT2D eigenvalue weighted by Gasteiger charge is 2.65. The van der Waals surface area contributed by atoms with E-state index in [9.17, 15) is 0 Å². The Balaban J connectivity index is 2.66. The van der Waals surface area contributed by atoms with Crippen molar-refractivity contribution in [2.24, 2.45) is 11.3 Å². The molecule has 9 heavy (non-hydrogen) atoms. The molecule has 0 aromatic carbocycles. The van der Waals surface area contributed by atoms with Crippen molar-refractivity contribution in [3.05, 3.63) is 0 Å². The zero-order chi connectivity index (χ0) is 7.28. The summed E-state index contributed by atoms with van der Waals surface area (Å²) in [4.78, 5) is 0.0851. The first kappa shape index (κ1) is 7.40. The molecular weight excluding hydrogens is 132 g/mol. The molecule has 0 aromatic rings. The molecule has 1 saturated carbocycles. The molecule has 1 fully saturated rings. The molecule has 54 valence electrons. The smallest absolute Gasteiger partial charge is 0.0506 e. The molecule has 0 bridgehead atoms. The van der Waals surface area contributed by atoms with Crippen LogP contribution in [0.15, 0.2) is 0 Å². The van der Waals surface area contributed by atoms with Crippen LogP contribution in [-0.2, 0) is 0 Å². The number of rotatable bonds is 1. The molecule has 0 spiro atoms. The normalized spacial score (nSPS) is 47.0. The second-order valence-corrected chi connectivity index (χ2v) is 4.54. The fourth-order valence-corrected chi connectivity index (χ4v) is 2.44. The van der Waals surface area contributed by atoms with Gasteiger partial charge in [-0.2, -0.15) is 0 Å². The summed E-state index contributed by atoms with van der Waals surface area (Å²) in [5.41, 5.74) is 0.378. The van der Waals surface area contributed by atoms with Gasteiger partial charge in [0.05, 0.1) is 4.87 Å². The topological polar surface area (TPSA) is 0 Å². The predicted molar refractivity (Wildman–Crippen MR) is 41.8 cm³/mol. The number of halogens is 1. The van der Waals surface area contributed by atoms with Gasteiger partial charge >= 0.3 is 0 Å². The lowest BCUT2D eigenvalue weighted by Gasteiger charge is -2.01. The van der Waals surface area contributed by atoms with Crippen molar-refractivity contribution in [2.75, 3.05) is 0 Å². The second-order valence-electron chi connectivity index (χ2n) is 3.76. The maximum Gasteiger partial charge on any atom is 0.0506 e. The van der Waals surface area contributed by atoms with Crippen molar-refractivity contribution in [3.63, 3.8) is 0 Å². The number of alkyl halides is 1. The van der Waals surface area contributed by atoms with Gasteiger partial charge in [0.15, 0.2) is 0 Å². The van der Waals surface area contributed by atoms with Crippen LogP contribution in [0, 0.1) is 11.3 Å². The summed E-state index contributed by atoms with van der Waals surface area (Å²) in [5, 5.41) is 0. The van der Waals surface area contributed by atoms with E-state index < -0.39 is 0 Å². The molecule has 1 heteroatoms. The second kappa shape index (κ2) is 1.66. The summed E-state index contributed by atoms with van der Waals surface area (Å²) in [7, 11) is 0. The summed E-state index contributed by atoms with van der Waals surface area (Å²) < 4.78 is 0. The first-order valence-corrected chi connectivity index (χ1v) is 4.01. The van der Waals surface area contributed by atoms with Gasteiger partial charge in [0.1, 0.15) is 0 Å². The van der Waals surface area contributed by atoms with Crippen LogP contribution in [0.3, 0.4) is 0 Å². The van der Waals surface area contributed by atoms with Crippen LogP contribution in [0.25, 0.3) is 0 Å². The minimum Gasteiger partial charge on any atom is -0.119 e. The average molecular weight is 147 g/mol. The molecule has 0 N–H and O–H groups in total. The lowest BCUT2D eigenvalue weighted by Crippen LogP contribution is -1.99. The van der Waals surface area contributed by atoms with Gasteiger partial charge in [-0.15, -0.1) is 11.6 Å². The predicted octanol–water partition coefficient (Wildman–Crippen LogP) is 3.05. The molecule has 0 radical (unpaired) electrons. The van der Waals surface area contributed by atoms with Crippen LogP contribution in [0.2, 0.25) is 0 Å². The van der Waals surface area contributed by atoms with E-state index in [0.717, 1.165) is 5.92 Å². The molecule has 2 unspecified atom stereocenters. The number of hydrogen-bond acceptors (Lipinski definition) is 0. The average Bonchev–Trinajstić information content (AvgIpc) is 2.00. The Bertz CT molecular complexity index is 111. The lowest BCUT2D eigenvalue weighted by atomic mass is 10.1. The Labute approximate surface area is 62.6 Å². The van der Waals surface area contributed by atoms with Crippen molar-refractivity contribution in [1.29, 1.82) is 0 Å². The van der Waals surface area contributed by atoms with Gasteiger partial charge in [-0.3, -0.25) is 0 Å². The molecule has 0 amide bonds. The Morgan fingerprint density at radius 1 is 1.33 bits per heavy atom. The van der Waals surface area contributed by atoms with Gasteiger partial charge < -0.3 is 0 Å². The van der Waals surface area contributed by atoms with Crippen LogP contribution < -0.4 is 0 Å². The fourth-order valence-electron chi connectivity index (χ4n) is 1.94. The van der Waals surface area contributed by atoms with E-state index in [0.29, 0.717) is 5.41 Å². The van der Waals surface area contributed by atoms with Crippen molar-refractivity contribution >= 4 is 11.6 Å². The summed E-state index contributed by atoms with van der Waals surface area (Å²) >= 11 is 6.20.